The van der Waals surface area contributed by atoms with Crippen molar-refractivity contribution in [3.05, 3.63) is 35.7 Å². The monoisotopic (exact) mass is 479 g/mol. The van der Waals surface area contributed by atoms with Crippen LogP contribution in [-0.4, -0.2) is 58.4 Å². The fraction of sp³-hybridized carbons (Fsp3) is 0.522. The van der Waals surface area contributed by atoms with Crippen LogP contribution in [-0.2, 0) is 0 Å². The van der Waals surface area contributed by atoms with Gasteiger partial charge in [0.25, 0.3) is 5.91 Å². The molecular formula is C23H34ClN5O2S. The number of carbonyl (C=O) groups is 1. The van der Waals surface area contributed by atoms with Crippen molar-refractivity contribution in [2.45, 2.75) is 47.6 Å². The van der Waals surface area contributed by atoms with E-state index < -0.39 is 0 Å². The molecule has 0 aliphatic heterocycles. The molecule has 0 fully saturated rings. The molecule has 9 heteroatoms. The van der Waals surface area contributed by atoms with Crippen molar-refractivity contribution in [1.82, 2.24) is 19.7 Å². The number of fused-ring (bicyclic) bond motifs is 1. The average molecular weight is 480 g/mol. The molecule has 2 aromatic heterocycles. The number of likely N-dealkylation sites (N-methyl/N-ethyl adjacent to an activating group) is 1. The first-order valence-corrected chi connectivity index (χ1v) is 11.8. The lowest BCUT2D eigenvalue weighted by Crippen LogP contribution is -2.39. The Balaban J connectivity index is 0.00000363. The van der Waals surface area contributed by atoms with Crippen LogP contribution in [0.4, 0.5) is 5.13 Å². The van der Waals surface area contributed by atoms with E-state index in [-0.39, 0.29) is 24.4 Å². The van der Waals surface area contributed by atoms with Gasteiger partial charge in [0.15, 0.2) is 10.8 Å². The second-order valence-electron chi connectivity index (χ2n) is 7.73. The van der Waals surface area contributed by atoms with Crippen LogP contribution in [0.25, 0.3) is 10.2 Å². The lowest BCUT2D eigenvalue weighted by atomic mass is 10.3. The highest BCUT2D eigenvalue weighted by Crippen LogP contribution is 2.34. The van der Waals surface area contributed by atoms with Crippen molar-refractivity contribution >= 4 is 45.0 Å². The molecule has 0 bridgehead atoms. The lowest BCUT2D eigenvalue weighted by molar-refractivity contribution is 0.0978. The number of aromatic nitrogens is 3. The van der Waals surface area contributed by atoms with Crippen molar-refractivity contribution < 1.29 is 9.53 Å². The number of hydrogen-bond acceptors (Lipinski definition) is 6. The first-order valence-electron chi connectivity index (χ1n) is 11.0. The molecule has 0 spiro atoms. The van der Waals surface area contributed by atoms with E-state index in [0.717, 1.165) is 41.3 Å². The van der Waals surface area contributed by atoms with E-state index >= 15 is 0 Å². The third kappa shape index (κ3) is 5.60. The predicted octanol–water partition coefficient (Wildman–Crippen LogP) is 5.19. The van der Waals surface area contributed by atoms with Crippen LogP contribution in [0.15, 0.2) is 24.3 Å². The Morgan fingerprint density at radius 1 is 1.19 bits per heavy atom. The molecule has 3 aromatic rings. The van der Waals surface area contributed by atoms with Crippen LogP contribution in [0.5, 0.6) is 5.75 Å². The number of amides is 1. The second kappa shape index (κ2) is 11.6. The van der Waals surface area contributed by atoms with E-state index in [9.17, 15) is 4.79 Å². The number of benzene rings is 1. The first kappa shape index (κ1) is 26.1. The topological polar surface area (TPSA) is 63.5 Å². The van der Waals surface area contributed by atoms with Crippen LogP contribution in [0.2, 0.25) is 0 Å². The SMILES string of the molecule is CCOc1cccc2sc(N(CCN(CC)CC)C(=O)c3cc(C)n(C(C)C)n3)nc12.Cl. The quantitative estimate of drug-likeness (QED) is 0.400. The summed E-state index contributed by atoms with van der Waals surface area (Å²) in [4.78, 5) is 22.5. The summed E-state index contributed by atoms with van der Waals surface area (Å²) in [5.41, 5.74) is 2.23. The second-order valence-corrected chi connectivity index (χ2v) is 8.73. The highest BCUT2D eigenvalue weighted by atomic mass is 35.5. The molecular weight excluding hydrogens is 446 g/mol. The Kier molecular flexibility index (Phi) is 9.48. The summed E-state index contributed by atoms with van der Waals surface area (Å²) in [5.74, 6) is 0.630. The normalized spacial score (nSPS) is 11.2. The van der Waals surface area contributed by atoms with E-state index in [2.05, 4.69) is 37.7 Å². The van der Waals surface area contributed by atoms with E-state index in [1.165, 1.54) is 11.3 Å². The number of carbonyl (C=O) groups excluding carboxylic acids is 1. The van der Waals surface area contributed by atoms with Gasteiger partial charge < -0.3 is 9.64 Å². The van der Waals surface area contributed by atoms with Crippen molar-refractivity contribution in [2.24, 2.45) is 0 Å². The zero-order chi connectivity index (χ0) is 22.5. The molecule has 2 heterocycles. The van der Waals surface area contributed by atoms with Gasteiger partial charge >= 0.3 is 0 Å². The molecule has 0 saturated carbocycles. The maximum atomic E-state index is 13.6. The van der Waals surface area contributed by atoms with Crippen LogP contribution < -0.4 is 9.64 Å². The van der Waals surface area contributed by atoms with Gasteiger partial charge in [-0.15, -0.1) is 12.4 Å². The van der Waals surface area contributed by atoms with Gasteiger partial charge in [0.05, 0.1) is 11.3 Å². The number of hydrogen-bond donors (Lipinski definition) is 0. The molecule has 1 amide bonds. The predicted molar refractivity (Wildman–Crippen MR) is 135 cm³/mol. The summed E-state index contributed by atoms with van der Waals surface area (Å²) in [6.07, 6.45) is 0. The highest BCUT2D eigenvalue weighted by Gasteiger charge is 2.25. The molecule has 0 unspecified atom stereocenters. The Hall–Kier alpha value is -2.16. The molecule has 7 nitrogen and oxygen atoms in total. The van der Waals surface area contributed by atoms with Crippen molar-refractivity contribution in [3.8, 4) is 5.75 Å². The maximum absolute atomic E-state index is 13.6. The van der Waals surface area contributed by atoms with Gasteiger partial charge in [0.1, 0.15) is 11.3 Å². The van der Waals surface area contributed by atoms with Gasteiger partial charge in [-0.2, -0.15) is 5.10 Å². The summed E-state index contributed by atoms with van der Waals surface area (Å²) in [5, 5.41) is 5.26. The van der Waals surface area contributed by atoms with E-state index in [4.69, 9.17) is 9.72 Å². The number of nitrogens with zero attached hydrogens (tertiary/aromatic N) is 5. The third-order valence-corrected chi connectivity index (χ3v) is 6.36. The molecule has 0 aliphatic rings. The highest BCUT2D eigenvalue weighted by molar-refractivity contribution is 7.22. The zero-order valence-corrected chi connectivity index (χ0v) is 21.4. The number of ether oxygens (including phenoxy) is 1. The molecule has 32 heavy (non-hydrogen) atoms. The van der Waals surface area contributed by atoms with Gasteiger partial charge in [-0.3, -0.25) is 14.4 Å². The Morgan fingerprint density at radius 3 is 2.50 bits per heavy atom. The van der Waals surface area contributed by atoms with Crippen molar-refractivity contribution in [1.29, 1.82) is 0 Å². The number of rotatable bonds is 10. The fourth-order valence-electron chi connectivity index (χ4n) is 3.62. The third-order valence-electron chi connectivity index (χ3n) is 5.31. The molecule has 176 valence electrons. The molecule has 0 saturated heterocycles. The van der Waals surface area contributed by atoms with Gasteiger partial charge in [0.2, 0.25) is 0 Å². The minimum atomic E-state index is -0.119. The Labute approximate surface area is 200 Å². The van der Waals surface area contributed by atoms with Crippen LogP contribution in [0, 0.1) is 6.92 Å². The molecule has 0 aliphatic carbocycles. The molecule has 0 N–H and O–H groups in total. The average Bonchev–Trinajstić information content (AvgIpc) is 3.35. The van der Waals surface area contributed by atoms with Gasteiger partial charge in [-0.1, -0.05) is 31.3 Å². The minimum Gasteiger partial charge on any atom is -0.492 e. The van der Waals surface area contributed by atoms with Gasteiger partial charge in [0, 0.05) is 24.8 Å². The number of aryl methyl sites for hydroxylation is 1. The van der Waals surface area contributed by atoms with Crippen molar-refractivity contribution in [3.63, 3.8) is 0 Å². The van der Waals surface area contributed by atoms with Crippen LogP contribution in [0.1, 0.15) is 56.8 Å². The summed E-state index contributed by atoms with van der Waals surface area (Å²) >= 11 is 1.51. The van der Waals surface area contributed by atoms with E-state index in [1.54, 1.807) is 4.90 Å². The number of halogens is 1. The maximum Gasteiger partial charge on any atom is 0.280 e. The summed E-state index contributed by atoms with van der Waals surface area (Å²) in [6.45, 7) is 16.1. The van der Waals surface area contributed by atoms with Crippen molar-refractivity contribution in [2.75, 3.05) is 37.7 Å². The number of para-hydroxylation sites is 1. The largest absolute Gasteiger partial charge is 0.492 e. The van der Waals surface area contributed by atoms with E-state index in [1.807, 2.05) is 42.8 Å². The van der Waals surface area contributed by atoms with E-state index in [0.29, 0.717) is 24.0 Å². The Bertz CT molecular complexity index is 1030. The first-order chi connectivity index (χ1) is 14.9. The van der Waals surface area contributed by atoms with Gasteiger partial charge in [-0.05, 0) is 59.0 Å². The fourth-order valence-corrected chi connectivity index (χ4v) is 4.63. The van der Waals surface area contributed by atoms with Crippen LogP contribution in [0.3, 0.4) is 0 Å². The number of anilines is 1. The molecule has 0 radical (unpaired) electrons. The lowest BCUT2D eigenvalue weighted by Gasteiger charge is -2.24. The Morgan fingerprint density at radius 2 is 1.91 bits per heavy atom. The summed E-state index contributed by atoms with van der Waals surface area (Å²) in [7, 11) is 0. The number of thiazole rings is 1. The zero-order valence-electron chi connectivity index (χ0n) is 19.8. The standard InChI is InChI=1S/C23H33N5O2S.ClH/c1-7-26(8-2)13-14-27(22(29)18-15-17(6)28(25-18)16(4)5)23-24-21-19(30-9-3)11-10-12-20(21)31-23;/h10-12,15-16H,7-9,13-14H2,1-6H3;1H. The molecule has 0 atom stereocenters. The summed E-state index contributed by atoms with van der Waals surface area (Å²) in [6, 6.07) is 7.97. The minimum absolute atomic E-state index is 0. The smallest absolute Gasteiger partial charge is 0.280 e. The van der Waals surface area contributed by atoms with Crippen LogP contribution >= 0.6 is 23.7 Å². The molecule has 3 rings (SSSR count). The summed E-state index contributed by atoms with van der Waals surface area (Å²) < 4.78 is 8.65. The molecule has 1 aromatic carbocycles. The van der Waals surface area contributed by atoms with Gasteiger partial charge in [-0.25, -0.2) is 4.98 Å².